The fraction of sp³-hybridized carbons (Fsp3) is 0.481. The predicted molar refractivity (Wildman–Crippen MR) is 134 cm³/mol. The van der Waals surface area contributed by atoms with Gasteiger partial charge in [0.25, 0.3) is 0 Å². The van der Waals surface area contributed by atoms with Crippen molar-refractivity contribution >= 4 is 22.8 Å². The second-order valence-electron chi connectivity index (χ2n) is 10.3. The first-order valence-corrected chi connectivity index (χ1v) is 12.5. The molecular formula is C27H33F3N2OS. The Kier molecular flexibility index (Phi) is 7.85. The Morgan fingerprint density at radius 2 is 1.74 bits per heavy atom. The smallest absolute Gasteiger partial charge is 0.291 e. The van der Waals surface area contributed by atoms with Crippen molar-refractivity contribution < 1.29 is 18.0 Å². The Hall–Kier alpha value is -2.28. The van der Waals surface area contributed by atoms with E-state index in [2.05, 4.69) is 6.07 Å². The van der Waals surface area contributed by atoms with Crippen molar-refractivity contribution in [3.8, 4) is 0 Å². The molecule has 1 aliphatic rings. The summed E-state index contributed by atoms with van der Waals surface area (Å²) in [5.74, 6) is 0.731. The van der Waals surface area contributed by atoms with Crippen LogP contribution in [0.4, 0.5) is 13.2 Å². The highest BCUT2D eigenvalue weighted by Crippen LogP contribution is 2.37. The van der Waals surface area contributed by atoms with E-state index in [1.807, 2.05) is 46.8 Å². The van der Waals surface area contributed by atoms with E-state index in [-0.39, 0.29) is 16.9 Å². The highest BCUT2D eigenvalue weighted by molar-refractivity contribution is 8.14. The summed E-state index contributed by atoms with van der Waals surface area (Å²) in [6.07, 6.45) is -3.60. The summed E-state index contributed by atoms with van der Waals surface area (Å²) in [5, 5.41) is 0.598. The summed E-state index contributed by atoms with van der Waals surface area (Å²) in [7, 11) is 0. The van der Waals surface area contributed by atoms with Gasteiger partial charge in [0.15, 0.2) is 5.17 Å². The number of nitrogens with zero attached hydrogens (tertiary/aromatic N) is 2. The van der Waals surface area contributed by atoms with Crippen LogP contribution in [0, 0.1) is 26.2 Å². The number of aryl methyl sites for hydroxylation is 2. The lowest BCUT2D eigenvalue weighted by molar-refractivity contribution is -0.138. The summed E-state index contributed by atoms with van der Waals surface area (Å²) in [4.78, 5) is 19.6. The van der Waals surface area contributed by atoms with Crippen LogP contribution in [0.25, 0.3) is 0 Å². The summed E-state index contributed by atoms with van der Waals surface area (Å²) >= 11 is 1.49. The van der Waals surface area contributed by atoms with E-state index in [1.165, 1.54) is 24.8 Å². The molecule has 1 saturated heterocycles. The van der Waals surface area contributed by atoms with Crippen LogP contribution in [-0.4, -0.2) is 28.3 Å². The molecule has 0 spiro atoms. The zero-order valence-electron chi connectivity index (χ0n) is 20.7. The third-order valence-corrected chi connectivity index (χ3v) is 6.75. The third-order valence-electron chi connectivity index (χ3n) is 5.78. The molecule has 0 radical (unpaired) electrons. The van der Waals surface area contributed by atoms with Crippen LogP contribution in [0.1, 0.15) is 66.6 Å². The Bertz CT molecular complexity index is 1070. The maximum atomic E-state index is 13.7. The van der Waals surface area contributed by atoms with Gasteiger partial charge in [-0.25, -0.2) is 0 Å². The lowest BCUT2D eigenvalue weighted by Crippen LogP contribution is -2.34. The summed E-state index contributed by atoms with van der Waals surface area (Å²) < 4.78 is 41.0. The summed E-state index contributed by atoms with van der Waals surface area (Å²) in [6.45, 7) is 12.1. The number of carbonyl (C=O) groups is 1. The minimum Gasteiger partial charge on any atom is -0.291 e. The lowest BCUT2D eigenvalue weighted by Gasteiger charge is -2.24. The van der Waals surface area contributed by atoms with Gasteiger partial charge >= 0.3 is 6.18 Å². The van der Waals surface area contributed by atoms with Crippen LogP contribution in [0.2, 0.25) is 0 Å². The summed E-state index contributed by atoms with van der Waals surface area (Å²) in [5.41, 5.74) is 3.13. The number of benzene rings is 2. The van der Waals surface area contributed by atoms with Crippen molar-refractivity contribution in [3.05, 3.63) is 69.8 Å². The standard InChI is InChI=1S/C27H33F3N2OS/c1-17-12-18(2)14-20(13-17)15-23(21-8-7-9-22(19(21)3)27(28,29)30)31-25-32(10-11-34-25)24(33)16-26(4,5)6/h7-9,12-14,23H,10-11,15-16H2,1-6H3. The van der Waals surface area contributed by atoms with E-state index < -0.39 is 17.8 Å². The van der Waals surface area contributed by atoms with Crippen LogP contribution in [0.15, 0.2) is 41.4 Å². The number of carbonyl (C=O) groups excluding carboxylic acids is 1. The molecule has 1 amide bonds. The molecule has 1 unspecified atom stereocenters. The molecule has 0 N–H and O–H groups in total. The van der Waals surface area contributed by atoms with Crippen molar-refractivity contribution in [1.29, 1.82) is 0 Å². The van der Waals surface area contributed by atoms with Gasteiger partial charge in [-0.15, -0.1) is 0 Å². The second kappa shape index (κ2) is 10.1. The molecule has 0 bridgehead atoms. The molecule has 1 heterocycles. The zero-order valence-corrected chi connectivity index (χ0v) is 21.5. The highest BCUT2D eigenvalue weighted by Gasteiger charge is 2.34. The van der Waals surface area contributed by atoms with E-state index in [0.29, 0.717) is 30.1 Å². The number of aliphatic imine (C=N–C) groups is 1. The molecule has 3 rings (SSSR count). The molecule has 34 heavy (non-hydrogen) atoms. The van der Waals surface area contributed by atoms with Crippen LogP contribution in [-0.2, 0) is 17.4 Å². The van der Waals surface area contributed by atoms with Crippen molar-refractivity contribution in [3.63, 3.8) is 0 Å². The molecule has 0 aromatic heterocycles. The van der Waals surface area contributed by atoms with Crippen molar-refractivity contribution in [2.45, 2.75) is 66.6 Å². The number of thioether (sulfide) groups is 1. The van der Waals surface area contributed by atoms with Crippen LogP contribution in [0.5, 0.6) is 0 Å². The second-order valence-corrected chi connectivity index (χ2v) is 11.3. The minimum atomic E-state index is -4.44. The SMILES string of the molecule is Cc1cc(C)cc(CC(N=C2SCCN2C(=O)CC(C)(C)C)c2cccc(C(F)(F)F)c2C)c1. The fourth-order valence-corrected chi connectivity index (χ4v) is 5.39. The van der Waals surface area contributed by atoms with Gasteiger partial charge in [-0.1, -0.05) is 74.0 Å². The number of amidine groups is 1. The average Bonchev–Trinajstić information content (AvgIpc) is 3.13. The number of hydrogen-bond donors (Lipinski definition) is 0. The Balaban J connectivity index is 2.06. The van der Waals surface area contributed by atoms with Gasteiger partial charge in [0, 0.05) is 18.7 Å². The van der Waals surface area contributed by atoms with Crippen molar-refractivity contribution in [2.24, 2.45) is 10.4 Å². The van der Waals surface area contributed by atoms with Gasteiger partial charge in [0.05, 0.1) is 11.6 Å². The molecule has 184 valence electrons. The molecule has 1 fully saturated rings. The molecule has 3 nitrogen and oxygen atoms in total. The van der Waals surface area contributed by atoms with Crippen molar-refractivity contribution in [2.75, 3.05) is 12.3 Å². The molecule has 0 aliphatic carbocycles. The van der Waals surface area contributed by atoms with E-state index in [9.17, 15) is 18.0 Å². The first-order chi connectivity index (χ1) is 15.7. The van der Waals surface area contributed by atoms with Gasteiger partial charge < -0.3 is 0 Å². The normalized spacial score (nSPS) is 16.9. The number of alkyl halides is 3. The maximum Gasteiger partial charge on any atom is 0.416 e. The Labute approximate surface area is 204 Å². The molecule has 1 atom stereocenters. The van der Waals surface area contributed by atoms with Crippen LogP contribution >= 0.6 is 11.8 Å². The van der Waals surface area contributed by atoms with Gasteiger partial charge in [0.1, 0.15) is 0 Å². The molecule has 0 saturated carbocycles. The predicted octanol–water partition coefficient (Wildman–Crippen LogP) is 7.28. The van der Waals surface area contributed by atoms with E-state index in [4.69, 9.17) is 4.99 Å². The largest absolute Gasteiger partial charge is 0.416 e. The molecule has 2 aromatic rings. The van der Waals surface area contributed by atoms with Crippen LogP contribution in [0.3, 0.4) is 0 Å². The van der Waals surface area contributed by atoms with Gasteiger partial charge in [0.2, 0.25) is 5.91 Å². The Morgan fingerprint density at radius 1 is 1.09 bits per heavy atom. The number of halogens is 3. The van der Waals surface area contributed by atoms with E-state index in [1.54, 1.807) is 11.0 Å². The average molecular weight is 491 g/mol. The summed E-state index contributed by atoms with van der Waals surface area (Å²) in [6, 6.07) is 9.92. The Morgan fingerprint density at radius 3 is 2.32 bits per heavy atom. The number of rotatable bonds is 5. The van der Waals surface area contributed by atoms with Gasteiger partial charge in [-0.2, -0.15) is 13.2 Å². The number of hydrogen-bond acceptors (Lipinski definition) is 3. The quantitative estimate of drug-likeness (QED) is 0.441. The first kappa shape index (κ1) is 26.3. The lowest BCUT2D eigenvalue weighted by atomic mass is 9.91. The molecular weight excluding hydrogens is 457 g/mol. The zero-order chi connectivity index (χ0) is 25.3. The maximum absolute atomic E-state index is 13.7. The van der Waals surface area contributed by atoms with Crippen LogP contribution < -0.4 is 0 Å². The third kappa shape index (κ3) is 6.65. The molecule has 1 aliphatic heterocycles. The first-order valence-electron chi connectivity index (χ1n) is 11.5. The van der Waals surface area contributed by atoms with E-state index >= 15 is 0 Å². The fourth-order valence-electron chi connectivity index (χ4n) is 4.38. The van der Waals surface area contributed by atoms with Gasteiger partial charge in [-0.3, -0.25) is 14.7 Å². The number of amides is 1. The van der Waals surface area contributed by atoms with Gasteiger partial charge in [-0.05, 0) is 55.4 Å². The van der Waals surface area contributed by atoms with Crippen molar-refractivity contribution in [1.82, 2.24) is 4.90 Å². The minimum absolute atomic E-state index is 0.00200. The highest BCUT2D eigenvalue weighted by atomic mass is 32.2. The molecule has 2 aromatic carbocycles. The molecule has 7 heteroatoms. The van der Waals surface area contributed by atoms with E-state index in [0.717, 1.165) is 28.5 Å². The monoisotopic (exact) mass is 490 g/mol. The topological polar surface area (TPSA) is 32.7 Å².